The SMILES string of the molecule is CNC(c1ccc2c(c1)COC2)C1CCCCS1(=O)=O. The number of hydrogen-bond donors (Lipinski definition) is 1. The van der Waals surface area contributed by atoms with Crippen molar-refractivity contribution >= 4 is 9.84 Å². The van der Waals surface area contributed by atoms with E-state index in [0.29, 0.717) is 19.0 Å². The molecule has 0 bridgehead atoms. The Hall–Kier alpha value is -0.910. The lowest BCUT2D eigenvalue weighted by molar-refractivity contribution is 0.134. The Balaban J connectivity index is 1.93. The molecule has 0 spiro atoms. The molecule has 20 heavy (non-hydrogen) atoms. The van der Waals surface area contributed by atoms with E-state index in [1.807, 2.05) is 13.1 Å². The molecule has 5 heteroatoms. The van der Waals surface area contributed by atoms with Crippen LogP contribution in [0.5, 0.6) is 0 Å². The number of ether oxygens (including phenoxy) is 1. The second kappa shape index (κ2) is 5.47. The van der Waals surface area contributed by atoms with Gasteiger partial charge < -0.3 is 10.1 Å². The summed E-state index contributed by atoms with van der Waals surface area (Å²) in [6.45, 7) is 1.30. The molecule has 4 nitrogen and oxygen atoms in total. The van der Waals surface area contributed by atoms with Crippen molar-refractivity contribution in [3.8, 4) is 0 Å². The number of sulfone groups is 1. The summed E-state index contributed by atoms with van der Waals surface area (Å²) in [4.78, 5) is 0. The van der Waals surface area contributed by atoms with Gasteiger partial charge in [-0.3, -0.25) is 0 Å². The number of rotatable bonds is 3. The topological polar surface area (TPSA) is 55.4 Å². The highest BCUT2D eigenvalue weighted by atomic mass is 32.2. The third kappa shape index (κ3) is 2.50. The molecule has 2 aliphatic rings. The standard InChI is InChI=1S/C15H21NO3S/c1-16-15(14-4-2-3-7-20(14,17)18)11-5-6-12-9-19-10-13(12)8-11/h5-6,8,14-16H,2-4,7,9-10H2,1H3. The van der Waals surface area contributed by atoms with E-state index in [9.17, 15) is 8.42 Å². The first-order valence-corrected chi connectivity index (χ1v) is 8.91. The summed E-state index contributed by atoms with van der Waals surface area (Å²) in [5, 5.41) is 2.91. The summed E-state index contributed by atoms with van der Waals surface area (Å²) in [5.41, 5.74) is 3.47. The van der Waals surface area contributed by atoms with Crippen LogP contribution in [-0.2, 0) is 27.8 Å². The maximum atomic E-state index is 12.3. The molecule has 1 aromatic carbocycles. The van der Waals surface area contributed by atoms with Gasteiger partial charge in [-0.2, -0.15) is 0 Å². The van der Waals surface area contributed by atoms with Gasteiger partial charge in [-0.25, -0.2) is 8.42 Å². The van der Waals surface area contributed by atoms with Gasteiger partial charge in [0.25, 0.3) is 0 Å². The minimum atomic E-state index is -2.99. The Morgan fingerprint density at radius 1 is 1.25 bits per heavy atom. The van der Waals surface area contributed by atoms with Gasteiger partial charge in [0.1, 0.15) is 0 Å². The van der Waals surface area contributed by atoms with Crippen LogP contribution in [0.15, 0.2) is 18.2 Å². The van der Waals surface area contributed by atoms with Crippen LogP contribution < -0.4 is 5.32 Å². The highest BCUT2D eigenvalue weighted by Crippen LogP contribution is 2.32. The maximum Gasteiger partial charge on any atom is 0.155 e. The molecule has 0 aliphatic carbocycles. The van der Waals surface area contributed by atoms with Gasteiger partial charge in [0.15, 0.2) is 9.84 Å². The van der Waals surface area contributed by atoms with Crippen LogP contribution in [0.4, 0.5) is 0 Å². The van der Waals surface area contributed by atoms with Crippen LogP contribution in [0.1, 0.15) is 42.0 Å². The van der Waals surface area contributed by atoms with E-state index in [1.165, 1.54) is 11.1 Å². The van der Waals surface area contributed by atoms with Crippen LogP contribution in [0, 0.1) is 0 Å². The van der Waals surface area contributed by atoms with Crippen molar-refractivity contribution < 1.29 is 13.2 Å². The third-order valence-corrected chi connectivity index (χ3v) is 6.70. The average molecular weight is 295 g/mol. The zero-order valence-corrected chi connectivity index (χ0v) is 12.6. The maximum absolute atomic E-state index is 12.3. The molecule has 110 valence electrons. The predicted molar refractivity (Wildman–Crippen MR) is 78.2 cm³/mol. The van der Waals surface area contributed by atoms with Crippen molar-refractivity contribution in [2.75, 3.05) is 12.8 Å². The molecule has 2 heterocycles. The molecular weight excluding hydrogens is 274 g/mol. The zero-order chi connectivity index (χ0) is 14.2. The molecule has 2 atom stereocenters. The minimum Gasteiger partial charge on any atom is -0.372 e. The van der Waals surface area contributed by atoms with Gasteiger partial charge >= 0.3 is 0 Å². The fourth-order valence-corrected chi connectivity index (χ4v) is 5.45. The second-order valence-corrected chi connectivity index (χ2v) is 8.03. The molecular formula is C15H21NO3S. The van der Waals surface area contributed by atoms with Crippen molar-refractivity contribution in [3.05, 3.63) is 34.9 Å². The number of nitrogens with one attached hydrogen (secondary N) is 1. The molecule has 2 aliphatic heterocycles. The van der Waals surface area contributed by atoms with E-state index >= 15 is 0 Å². The van der Waals surface area contributed by atoms with E-state index in [4.69, 9.17) is 4.74 Å². The summed E-state index contributed by atoms with van der Waals surface area (Å²) < 4.78 is 30.1. The molecule has 1 fully saturated rings. The summed E-state index contributed by atoms with van der Waals surface area (Å²) >= 11 is 0. The first kappa shape index (κ1) is 14.0. The molecule has 0 radical (unpaired) electrons. The molecule has 0 amide bonds. The molecule has 1 aromatic rings. The smallest absolute Gasteiger partial charge is 0.155 e. The molecule has 1 saturated heterocycles. The van der Waals surface area contributed by atoms with Gasteiger partial charge in [0.05, 0.1) is 24.2 Å². The van der Waals surface area contributed by atoms with Crippen molar-refractivity contribution in [3.63, 3.8) is 0 Å². The van der Waals surface area contributed by atoms with E-state index < -0.39 is 9.84 Å². The molecule has 1 N–H and O–H groups in total. The van der Waals surface area contributed by atoms with E-state index in [2.05, 4.69) is 17.4 Å². The zero-order valence-electron chi connectivity index (χ0n) is 11.8. The van der Waals surface area contributed by atoms with Crippen molar-refractivity contribution in [2.45, 2.75) is 43.8 Å². The van der Waals surface area contributed by atoms with Gasteiger partial charge in [0.2, 0.25) is 0 Å². The van der Waals surface area contributed by atoms with Gasteiger partial charge in [-0.05, 0) is 36.6 Å². The first-order chi connectivity index (χ1) is 9.62. The summed E-state index contributed by atoms with van der Waals surface area (Å²) in [7, 11) is -1.15. The fraction of sp³-hybridized carbons (Fsp3) is 0.600. The summed E-state index contributed by atoms with van der Waals surface area (Å²) in [6, 6.07) is 6.09. The Bertz CT molecular complexity index is 597. The lowest BCUT2D eigenvalue weighted by Gasteiger charge is -2.30. The van der Waals surface area contributed by atoms with Crippen LogP contribution >= 0.6 is 0 Å². The molecule has 3 rings (SSSR count). The van der Waals surface area contributed by atoms with Crippen LogP contribution in [0.2, 0.25) is 0 Å². The Kier molecular flexibility index (Phi) is 3.84. The quantitative estimate of drug-likeness (QED) is 0.926. The van der Waals surface area contributed by atoms with Gasteiger partial charge in [0, 0.05) is 6.04 Å². The molecule has 0 aromatic heterocycles. The Labute approximate surface area is 120 Å². The molecule has 0 saturated carbocycles. The van der Waals surface area contributed by atoms with Crippen molar-refractivity contribution in [1.82, 2.24) is 5.32 Å². The monoisotopic (exact) mass is 295 g/mol. The number of benzene rings is 1. The normalized spacial score (nSPS) is 26.1. The van der Waals surface area contributed by atoms with Crippen LogP contribution in [-0.4, -0.2) is 26.5 Å². The Morgan fingerprint density at radius 3 is 2.80 bits per heavy atom. The van der Waals surface area contributed by atoms with E-state index in [-0.39, 0.29) is 11.3 Å². The highest BCUT2D eigenvalue weighted by molar-refractivity contribution is 7.92. The predicted octanol–water partition coefficient (Wildman–Crippen LogP) is 1.94. The summed E-state index contributed by atoms with van der Waals surface area (Å²) in [5.74, 6) is 0.323. The van der Waals surface area contributed by atoms with Gasteiger partial charge in [-0.15, -0.1) is 0 Å². The fourth-order valence-electron chi connectivity index (χ4n) is 3.31. The van der Waals surface area contributed by atoms with E-state index in [1.54, 1.807) is 0 Å². The summed E-state index contributed by atoms with van der Waals surface area (Å²) in [6.07, 6.45) is 2.55. The Morgan fingerprint density at radius 2 is 2.05 bits per heavy atom. The largest absolute Gasteiger partial charge is 0.372 e. The lowest BCUT2D eigenvalue weighted by atomic mass is 9.96. The number of fused-ring (bicyclic) bond motifs is 1. The van der Waals surface area contributed by atoms with Crippen LogP contribution in [0.25, 0.3) is 0 Å². The second-order valence-electron chi connectivity index (χ2n) is 5.69. The van der Waals surface area contributed by atoms with Crippen LogP contribution in [0.3, 0.4) is 0 Å². The average Bonchev–Trinajstić information content (AvgIpc) is 2.89. The number of hydrogen-bond acceptors (Lipinski definition) is 4. The third-order valence-electron chi connectivity index (χ3n) is 4.42. The molecule has 2 unspecified atom stereocenters. The first-order valence-electron chi connectivity index (χ1n) is 7.20. The minimum absolute atomic E-state index is 0.119. The van der Waals surface area contributed by atoms with Crippen molar-refractivity contribution in [1.29, 1.82) is 0 Å². The van der Waals surface area contributed by atoms with Gasteiger partial charge in [-0.1, -0.05) is 24.6 Å². The van der Waals surface area contributed by atoms with E-state index in [0.717, 1.165) is 24.8 Å². The lowest BCUT2D eigenvalue weighted by Crippen LogP contribution is -2.39. The highest BCUT2D eigenvalue weighted by Gasteiger charge is 2.35. The van der Waals surface area contributed by atoms with Crippen molar-refractivity contribution in [2.24, 2.45) is 0 Å².